The van der Waals surface area contributed by atoms with E-state index >= 15 is 0 Å². The van der Waals surface area contributed by atoms with Crippen LogP contribution in [0.2, 0.25) is 0 Å². The predicted octanol–water partition coefficient (Wildman–Crippen LogP) is 3.81. The molecule has 0 bridgehead atoms. The van der Waals surface area contributed by atoms with Crippen LogP contribution >= 0.6 is 0 Å². The summed E-state index contributed by atoms with van der Waals surface area (Å²) in [7, 11) is 0. The zero-order valence-corrected chi connectivity index (χ0v) is 10.6. The minimum Gasteiger partial charge on any atom is -0.307 e. The highest BCUT2D eigenvalue weighted by Gasteiger charge is 2.25. The number of rotatable bonds is 3. The van der Waals surface area contributed by atoms with E-state index in [2.05, 4.69) is 43.4 Å². The highest BCUT2D eigenvalue weighted by Crippen LogP contribution is 2.27. The van der Waals surface area contributed by atoms with Gasteiger partial charge in [0.2, 0.25) is 0 Å². The molecule has 0 aliphatic heterocycles. The largest absolute Gasteiger partial charge is 0.307 e. The molecule has 1 aliphatic rings. The summed E-state index contributed by atoms with van der Waals surface area (Å²) in [5.41, 5.74) is 3.21. The third kappa shape index (κ3) is 2.85. The normalized spacial score (nSPS) is 19.6. The van der Waals surface area contributed by atoms with Crippen LogP contribution in [0.1, 0.15) is 50.2 Å². The van der Waals surface area contributed by atoms with Crippen LogP contribution in [0.3, 0.4) is 0 Å². The van der Waals surface area contributed by atoms with E-state index in [0.717, 1.165) is 6.54 Å². The van der Waals surface area contributed by atoms with Crippen molar-refractivity contribution in [1.82, 2.24) is 5.32 Å². The molecule has 0 aromatic heterocycles. The van der Waals surface area contributed by atoms with Crippen LogP contribution in [-0.2, 0) is 6.54 Å². The molecule has 1 saturated carbocycles. The van der Waals surface area contributed by atoms with Gasteiger partial charge in [0.1, 0.15) is 0 Å². The summed E-state index contributed by atoms with van der Waals surface area (Å²) in [5.74, 6) is 0. The Kier molecular flexibility index (Phi) is 3.65. The number of benzene rings is 1. The van der Waals surface area contributed by atoms with Crippen LogP contribution in [0.4, 0.5) is 0 Å². The molecule has 2 rings (SSSR count). The van der Waals surface area contributed by atoms with Crippen LogP contribution in [0.15, 0.2) is 24.3 Å². The second-order valence-corrected chi connectivity index (χ2v) is 5.40. The third-order valence-corrected chi connectivity index (χ3v) is 3.92. The van der Waals surface area contributed by atoms with Crippen molar-refractivity contribution in [2.75, 3.05) is 0 Å². The highest BCUT2D eigenvalue weighted by atomic mass is 15.0. The van der Waals surface area contributed by atoms with Gasteiger partial charge >= 0.3 is 0 Å². The molecule has 1 nitrogen and oxygen atoms in total. The van der Waals surface area contributed by atoms with E-state index in [9.17, 15) is 0 Å². The van der Waals surface area contributed by atoms with Crippen LogP contribution in [-0.4, -0.2) is 5.54 Å². The molecular weight excluding hydrogens is 194 g/mol. The molecular formula is C15H23N. The van der Waals surface area contributed by atoms with Gasteiger partial charge in [-0.15, -0.1) is 0 Å². The van der Waals surface area contributed by atoms with Gasteiger partial charge in [-0.25, -0.2) is 0 Å². The van der Waals surface area contributed by atoms with Gasteiger partial charge in [0.05, 0.1) is 0 Å². The van der Waals surface area contributed by atoms with Crippen molar-refractivity contribution in [3.05, 3.63) is 35.4 Å². The van der Waals surface area contributed by atoms with E-state index < -0.39 is 0 Å². The first-order valence-corrected chi connectivity index (χ1v) is 6.49. The van der Waals surface area contributed by atoms with E-state index in [1.807, 2.05) is 0 Å². The Balaban J connectivity index is 1.94. The van der Waals surface area contributed by atoms with Crippen molar-refractivity contribution in [1.29, 1.82) is 0 Å². The molecule has 0 unspecified atom stereocenters. The molecule has 0 spiro atoms. The molecule has 0 atom stereocenters. The predicted molar refractivity (Wildman–Crippen MR) is 69.5 cm³/mol. The summed E-state index contributed by atoms with van der Waals surface area (Å²) < 4.78 is 0. The Morgan fingerprint density at radius 2 is 1.81 bits per heavy atom. The molecule has 88 valence electrons. The van der Waals surface area contributed by atoms with E-state index in [1.165, 1.54) is 43.2 Å². The molecule has 0 saturated heterocycles. The number of aryl methyl sites for hydroxylation is 1. The Hall–Kier alpha value is -0.820. The molecule has 1 N–H and O–H groups in total. The third-order valence-electron chi connectivity index (χ3n) is 3.92. The molecule has 1 fully saturated rings. The zero-order chi connectivity index (χ0) is 11.4. The first-order valence-electron chi connectivity index (χ1n) is 6.49. The Labute approximate surface area is 99.3 Å². The van der Waals surface area contributed by atoms with Crippen LogP contribution in [0.25, 0.3) is 0 Å². The number of hydrogen-bond acceptors (Lipinski definition) is 1. The van der Waals surface area contributed by atoms with Crippen molar-refractivity contribution in [3.63, 3.8) is 0 Å². The van der Waals surface area contributed by atoms with E-state index in [4.69, 9.17) is 0 Å². The van der Waals surface area contributed by atoms with Gasteiger partial charge < -0.3 is 5.32 Å². The van der Waals surface area contributed by atoms with Gasteiger partial charge in [-0.1, -0.05) is 43.5 Å². The van der Waals surface area contributed by atoms with Crippen molar-refractivity contribution >= 4 is 0 Å². The SMILES string of the molecule is Cc1ccccc1CNC1(C)CCCCC1. The van der Waals surface area contributed by atoms with E-state index in [-0.39, 0.29) is 0 Å². The fourth-order valence-corrected chi connectivity index (χ4v) is 2.63. The lowest BCUT2D eigenvalue weighted by Gasteiger charge is -2.35. The smallest absolute Gasteiger partial charge is 0.0213 e. The lowest BCUT2D eigenvalue weighted by Crippen LogP contribution is -2.43. The Bertz CT molecular complexity index is 337. The highest BCUT2D eigenvalue weighted by molar-refractivity contribution is 5.25. The van der Waals surface area contributed by atoms with Gasteiger partial charge in [-0.2, -0.15) is 0 Å². The van der Waals surface area contributed by atoms with E-state index in [0.29, 0.717) is 5.54 Å². The lowest BCUT2D eigenvalue weighted by atomic mass is 9.83. The molecule has 1 aromatic carbocycles. The zero-order valence-electron chi connectivity index (χ0n) is 10.6. The summed E-state index contributed by atoms with van der Waals surface area (Å²) in [6, 6.07) is 8.67. The van der Waals surface area contributed by atoms with Gasteiger partial charge in [0, 0.05) is 12.1 Å². The second kappa shape index (κ2) is 5.01. The summed E-state index contributed by atoms with van der Waals surface area (Å²) in [4.78, 5) is 0. The first kappa shape index (κ1) is 11.7. The topological polar surface area (TPSA) is 12.0 Å². The van der Waals surface area contributed by atoms with Gasteiger partial charge in [0.15, 0.2) is 0 Å². The monoisotopic (exact) mass is 217 g/mol. The quantitative estimate of drug-likeness (QED) is 0.812. The van der Waals surface area contributed by atoms with Crippen LogP contribution in [0.5, 0.6) is 0 Å². The Morgan fingerprint density at radius 1 is 1.12 bits per heavy atom. The van der Waals surface area contributed by atoms with Gasteiger partial charge in [0.25, 0.3) is 0 Å². The molecule has 0 heterocycles. The summed E-state index contributed by atoms with van der Waals surface area (Å²) in [6.45, 7) is 5.59. The van der Waals surface area contributed by atoms with Crippen LogP contribution < -0.4 is 5.32 Å². The molecule has 0 amide bonds. The summed E-state index contributed by atoms with van der Waals surface area (Å²) in [5, 5.41) is 3.76. The molecule has 1 aromatic rings. The van der Waals surface area contributed by atoms with E-state index in [1.54, 1.807) is 0 Å². The fraction of sp³-hybridized carbons (Fsp3) is 0.600. The maximum absolute atomic E-state index is 3.76. The van der Waals surface area contributed by atoms with Gasteiger partial charge in [-0.05, 0) is 37.8 Å². The minimum absolute atomic E-state index is 0.376. The van der Waals surface area contributed by atoms with Gasteiger partial charge in [-0.3, -0.25) is 0 Å². The van der Waals surface area contributed by atoms with Crippen molar-refractivity contribution in [3.8, 4) is 0 Å². The molecule has 1 aliphatic carbocycles. The van der Waals surface area contributed by atoms with Crippen molar-refractivity contribution in [2.24, 2.45) is 0 Å². The molecule has 1 heteroatoms. The maximum atomic E-state index is 3.76. The molecule has 0 radical (unpaired) electrons. The first-order chi connectivity index (χ1) is 7.70. The maximum Gasteiger partial charge on any atom is 0.0213 e. The number of hydrogen-bond donors (Lipinski definition) is 1. The summed E-state index contributed by atoms with van der Waals surface area (Å²) in [6.07, 6.45) is 6.86. The Morgan fingerprint density at radius 3 is 2.50 bits per heavy atom. The fourth-order valence-electron chi connectivity index (χ4n) is 2.63. The van der Waals surface area contributed by atoms with Crippen molar-refractivity contribution in [2.45, 2.75) is 58.0 Å². The lowest BCUT2D eigenvalue weighted by molar-refractivity contribution is 0.252. The van der Waals surface area contributed by atoms with Crippen LogP contribution in [0, 0.1) is 6.92 Å². The molecule has 16 heavy (non-hydrogen) atoms. The summed E-state index contributed by atoms with van der Waals surface area (Å²) >= 11 is 0. The van der Waals surface area contributed by atoms with Crippen molar-refractivity contribution < 1.29 is 0 Å². The number of nitrogens with one attached hydrogen (secondary N) is 1. The standard InChI is InChI=1S/C15H23N/c1-13-8-4-5-9-14(13)12-16-15(2)10-6-3-7-11-15/h4-5,8-9,16H,3,6-7,10-12H2,1-2H3. The minimum atomic E-state index is 0.376. The average molecular weight is 217 g/mol. The average Bonchev–Trinajstić information content (AvgIpc) is 2.29. The second-order valence-electron chi connectivity index (χ2n) is 5.40.